The molecule has 0 saturated carbocycles. The van der Waals surface area contributed by atoms with Crippen LogP contribution >= 0.6 is 0 Å². The number of likely N-dealkylation sites (tertiary alicyclic amines) is 1. The van der Waals surface area contributed by atoms with Gasteiger partial charge in [0.15, 0.2) is 0 Å². The molecule has 1 N–H and O–H groups in total. The van der Waals surface area contributed by atoms with Crippen LogP contribution in [0.25, 0.3) is 0 Å². The SMILES string of the molecule is CCNC(C)C1CCCCN1Cc1cncc(C)c1. The van der Waals surface area contributed by atoms with Gasteiger partial charge in [-0.3, -0.25) is 9.88 Å². The molecule has 2 heterocycles. The van der Waals surface area contributed by atoms with Crippen LogP contribution in [0.1, 0.15) is 44.2 Å². The van der Waals surface area contributed by atoms with Crippen LogP contribution in [0.4, 0.5) is 0 Å². The fourth-order valence-corrected chi connectivity index (χ4v) is 3.18. The number of piperidine rings is 1. The molecule has 0 amide bonds. The molecule has 2 rings (SSSR count). The van der Waals surface area contributed by atoms with Gasteiger partial charge in [-0.05, 0) is 50.9 Å². The van der Waals surface area contributed by atoms with Gasteiger partial charge in [0.25, 0.3) is 0 Å². The molecule has 19 heavy (non-hydrogen) atoms. The van der Waals surface area contributed by atoms with Crippen molar-refractivity contribution in [2.24, 2.45) is 0 Å². The van der Waals surface area contributed by atoms with Gasteiger partial charge in [0.2, 0.25) is 0 Å². The Hall–Kier alpha value is -0.930. The predicted molar refractivity (Wildman–Crippen MR) is 80.2 cm³/mol. The monoisotopic (exact) mass is 261 g/mol. The van der Waals surface area contributed by atoms with Crippen LogP contribution in [0, 0.1) is 6.92 Å². The zero-order chi connectivity index (χ0) is 13.7. The lowest BCUT2D eigenvalue weighted by molar-refractivity contribution is 0.112. The van der Waals surface area contributed by atoms with Crippen LogP contribution in [0.5, 0.6) is 0 Å². The van der Waals surface area contributed by atoms with Crippen molar-refractivity contribution in [1.29, 1.82) is 0 Å². The van der Waals surface area contributed by atoms with E-state index in [1.807, 2.05) is 12.4 Å². The number of hydrogen-bond donors (Lipinski definition) is 1. The van der Waals surface area contributed by atoms with Crippen LogP contribution in [-0.2, 0) is 6.54 Å². The van der Waals surface area contributed by atoms with Crippen molar-refractivity contribution in [3.05, 3.63) is 29.6 Å². The van der Waals surface area contributed by atoms with Crippen molar-refractivity contribution in [3.8, 4) is 0 Å². The second kappa shape index (κ2) is 7.01. The fraction of sp³-hybridized carbons (Fsp3) is 0.688. The third-order valence-electron chi connectivity index (χ3n) is 4.08. The maximum atomic E-state index is 4.31. The molecule has 1 aliphatic heterocycles. The average Bonchev–Trinajstić information content (AvgIpc) is 2.39. The molecule has 3 heteroatoms. The number of hydrogen-bond acceptors (Lipinski definition) is 3. The van der Waals surface area contributed by atoms with Gasteiger partial charge in [0.1, 0.15) is 0 Å². The Morgan fingerprint density at radius 1 is 1.42 bits per heavy atom. The van der Waals surface area contributed by atoms with Crippen LogP contribution in [0.2, 0.25) is 0 Å². The Labute approximate surface area is 117 Å². The minimum Gasteiger partial charge on any atom is -0.313 e. The van der Waals surface area contributed by atoms with Crippen LogP contribution in [0.15, 0.2) is 18.5 Å². The van der Waals surface area contributed by atoms with E-state index in [0.29, 0.717) is 12.1 Å². The van der Waals surface area contributed by atoms with Crippen molar-refractivity contribution >= 4 is 0 Å². The number of nitrogens with zero attached hydrogens (tertiary/aromatic N) is 2. The Bertz CT molecular complexity index is 391. The van der Waals surface area contributed by atoms with Gasteiger partial charge >= 0.3 is 0 Å². The molecule has 106 valence electrons. The molecule has 0 radical (unpaired) electrons. The van der Waals surface area contributed by atoms with Crippen molar-refractivity contribution in [2.45, 2.75) is 58.7 Å². The van der Waals surface area contributed by atoms with E-state index in [0.717, 1.165) is 13.1 Å². The zero-order valence-electron chi connectivity index (χ0n) is 12.5. The van der Waals surface area contributed by atoms with E-state index in [4.69, 9.17) is 0 Å². The second-order valence-corrected chi connectivity index (χ2v) is 5.75. The molecule has 3 nitrogen and oxygen atoms in total. The summed E-state index contributed by atoms with van der Waals surface area (Å²) in [5, 5.41) is 3.59. The second-order valence-electron chi connectivity index (χ2n) is 5.75. The molecule has 2 unspecified atom stereocenters. The average molecular weight is 261 g/mol. The highest BCUT2D eigenvalue weighted by Crippen LogP contribution is 2.22. The third kappa shape index (κ3) is 4.02. The van der Waals surface area contributed by atoms with Gasteiger partial charge in [0.05, 0.1) is 0 Å². The Kier molecular flexibility index (Phi) is 5.34. The molecule has 0 spiro atoms. The van der Waals surface area contributed by atoms with E-state index in [-0.39, 0.29) is 0 Å². The molecule has 2 atom stereocenters. The summed E-state index contributed by atoms with van der Waals surface area (Å²) in [7, 11) is 0. The minimum absolute atomic E-state index is 0.572. The minimum atomic E-state index is 0.572. The Morgan fingerprint density at radius 2 is 2.26 bits per heavy atom. The van der Waals surface area contributed by atoms with Crippen molar-refractivity contribution in [1.82, 2.24) is 15.2 Å². The smallest absolute Gasteiger partial charge is 0.0313 e. The number of pyridine rings is 1. The largest absolute Gasteiger partial charge is 0.313 e. The van der Waals surface area contributed by atoms with E-state index >= 15 is 0 Å². The summed E-state index contributed by atoms with van der Waals surface area (Å²) in [6.45, 7) is 9.93. The van der Waals surface area contributed by atoms with Crippen molar-refractivity contribution < 1.29 is 0 Å². The molecule has 1 aliphatic rings. The summed E-state index contributed by atoms with van der Waals surface area (Å²) in [5.74, 6) is 0. The number of nitrogens with one attached hydrogen (secondary N) is 1. The highest BCUT2D eigenvalue weighted by molar-refractivity contribution is 5.16. The highest BCUT2D eigenvalue weighted by atomic mass is 15.2. The highest BCUT2D eigenvalue weighted by Gasteiger charge is 2.26. The topological polar surface area (TPSA) is 28.2 Å². The lowest BCUT2D eigenvalue weighted by Gasteiger charge is -2.39. The quantitative estimate of drug-likeness (QED) is 0.883. The van der Waals surface area contributed by atoms with Gasteiger partial charge in [-0.2, -0.15) is 0 Å². The maximum Gasteiger partial charge on any atom is 0.0313 e. The number of rotatable bonds is 5. The Balaban J connectivity index is 2.03. The molecule has 0 aromatic carbocycles. The van der Waals surface area contributed by atoms with Crippen LogP contribution < -0.4 is 5.32 Å². The first-order valence-corrected chi connectivity index (χ1v) is 7.58. The molecular formula is C16H27N3. The van der Waals surface area contributed by atoms with E-state index in [1.165, 1.54) is 36.9 Å². The third-order valence-corrected chi connectivity index (χ3v) is 4.08. The first kappa shape index (κ1) is 14.5. The molecule has 0 aliphatic carbocycles. The van der Waals surface area contributed by atoms with Gasteiger partial charge in [-0.25, -0.2) is 0 Å². The normalized spacial score (nSPS) is 22.4. The number of likely N-dealkylation sites (N-methyl/N-ethyl adjacent to an activating group) is 1. The molecule has 1 saturated heterocycles. The first-order valence-electron chi connectivity index (χ1n) is 7.58. The van der Waals surface area contributed by atoms with Gasteiger partial charge in [0, 0.05) is 31.0 Å². The fourth-order valence-electron chi connectivity index (χ4n) is 3.18. The van der Waals surface area contributed by atoms with Crippen molar-refractivity contribution in [2.75, 3.05) is 13.1 Å². The molecular weight excluding hydrogens is 234 g/mol. The lowest BCUT2D eigenvalue weighted by atomic mass is 9.96. The molecule has 1 fully saturated rings. The first-order chi connectivity index (χ1) is 9.20. The van der Waals surface area contributed by atoms with E-state index in [1.54, 1.807) is 0 Å². The molecule has 1 aromatic heterocycles. The lowest BCUT2D eigenvalue weighted by Crippen LogP contribution is -2.50. The maximum absolute atomic E-state index is 4.31. The summed E-state index contributed by atoms with van der Waals surface area (Å²) in [4.78, 5) is 6.95. The van der Waals surface area contributed by atoms with E-state index in [2.05, 4.69) is 42.0 Å². The molecule has 1 aromatic rings. The van der Waals surface area contributed by atoms with E-state index in [9.17, 15) is 0 Å². The van der Waals surface area contributed by atoms with Gasteiger partial charge < -0.3 is 5.32 Å². The summed E-state index contributed by atoms with van der Waals surface area (Å²) in [6, 6.07) is 3.49. The van der Waals surface area contributed by atoms with Gasteiger partial charge in [-0.1, -0.05) is 19.4 Å². The summed E-state index contributed by atoms with van der Waals surface area (Å²) >= 11 is 0. The van der Waals surface area contributed by atoms with Gasteiger partial charge in [-0.15, -0.1) is 0 Å². The number of aryl methyl sites for hydroxylation is 1. The predicted octanol–water partition coefficient (Wildman–Crippen LogP) is 2.74. The van der Waals surface area contributed by atoms with Crippen LogP contribution in [0.3, 0.4) is 0 Å². The van der Waals surface area contributed by atoms with Crippen molar-refractivity contribution in [3.63, 3.8) is 0 Å². The summed E-state index contributed by atoms with van der Waals surface area (Å²) in [6.07, 6.45) is 7.94. The zero-order valence-corrected chi connectivity index (χ0v) is 12.5. The van der Waals surface area contributed by atoms with E-state index < -0.39 is 0 Å². The molecule has 0 bridgehead atoms. The number of aromatic nitrogens is 1. The standard InChI is InChI=1S/C16H27N3/c1-4-18-14(3)16-7-5-6-8-19(16)12-15-9-13(2)10-17-11-15/h9-11,14,16,18H,4-8,12H2,1-3H3. The Morgan fingerprint density at radius 3 is 3.00 bits per heavy atom. The van der Waals surface area contributed by atoms with Crippen LogP contribution in [-0.4, -0.2) is 35.1 Å². The summed E-state index contributed by atoms with van der Waals surface area (Å²) < 4.78 is 0. The summed E-state index contributed by atoms with van der Waals surface area (Å²) in [5.41, 5.74) is 2.60.